The predicted molar refractivity (Wildman–Crippen MR) is 56.2 cm³/mol. The third-order valence-electron chi connectivity index (χ3n) is 1.99. The second-order valence-corrected chi connectivity index (χ2v) is 2.83. The Morgan fingerprint density at radius 3 is 2.21 bits per heavy atom. The van der Waals surface area contributed by atoms with E-state index in [9.17, 15) is 4.79 Å². The maximum atomic E-state index is 10.6. The summed E-state index contributed by atoms with van der Waals surface area (Å²) in [4.78, 5) is 10.6. The van der Waals surface area contributed by atoms with Crippen LogP contribution < -0.4 is 4.74 Å². The van der Waals surface area contributed by atoms with Gasteiger partial charge in [0.1, 0.15) is 5.75 Å². The summed E-state index contributed by atoms with van der Waals surface area (Å²) in [7, 11) is 1.58. The molecular weight excluding hydrogens is 191 g/mol. The Morgan fingerprint density at radius 2 is 1.86 bits per heavy atom. The summed E-state index contributed by atoms with van der Waals surface area (Å²) in [5.74, 6) is -0.544. The molecule has 0 bridgehead atoms. The number of aliphatic carboxylic acids is 1. The summed E-state index contributed by atoms with van der Waals surface area (Å²) >= 11 is 0. The van der Waals surface area contributed by atoms with Crippen molar-refractivity contribution in [3.63, 3.8) is 0 Å². The number of carboxylic acids is 1. The van der Waals surface area contributed by atoms with Gasteiger partial charge >= 0.3 is 35.5 Å². The molecule has 0 aliphatic rings. The van der Waals surface area contributed by atoms with Crippen LogP contribution in [0.3, 0.4) is 0 Å². The molecule has 0 aliphatic heterocycles. The molecule has 0 spiro atoms. The van der Waals surface area contributed by atoms with Gasteiger partial charge < -0.3 is 9.84 Å². The zero-order valence-corrected chi connectivity index (χ0v) is 7.65. The third-order valence-corrected chi connectivity index (χ3v) is 1.99. The van der Waals surface area contributed by atoms with E-state index < -0.39 is 11.9 Å². The fourth-order valence-electron chi connectivity index (χ4n) is 1.04. The molecule has 1 N–H and O–H groups in total. The molecule has 1 atom stereocenters. The summed E-state index contributed by atoms with van der Waals surface area (Å²) in [6.07, 6.45) is 0. The van der Waals surface area contributed by atoms with Crippen molar-refractivity contribution in [1.29, 1.82) is 0 Å². The first-order chi connectivity index (χ1) is 6.15. The van der Waals surface area contributed by atoms with Crippen LogP contribution in [0.4, 0.5) is 0 Å². The molecule has 0 amide bonds. The minimum atomic E-state index is -0.815. The van der Waals surface area contributed by atoms with E-state index in [0.29, 0.717) is 0 Å². The molecule has 0 radical (unpaired) electrons. The molecule has 4 heteroatoms. The number of hydrogen-bond acceptors (Lipinski definition) is 2. The molecule has 0 heterocycles. The van der Waals surface area contributed by atoms with Crippen LogP contribution >= 0.6 is 0 Å². The standard InChI is InChI=1S/C10H12O3.Na.H/c1-7(10(11)12)8-3-5-9(13-2)6-4-8;;/h3-7H,1-2H3,(H,11,12);;. The first-order valence-electron chi connectivity index (χ1n) is 4.02. The van der Waals surface area contributed by atoms with Crippen LogP contribution in [0.5, 0.6) is 5.75 Å². The van der Waals surface area contributed by atoms with Crippen molar-refractivity contribution in [3.05, 3.63) is 29.8 Å². The molecule has 1 aromatic rings. The van der Waals surface area contributed by atoms with Gasteiger partial charge in [-0.3, -0.25) is 4.79 Å². The second kappa shape index (κ2) is 6.06. The van der Waals surface area contributed by atoms with E-state index in [4.69, 9.17) is 9.84 Å². The van der Waals surface area contributed by atoms with Gasteiger partial charge in [0, 0.05) is 0 Å². The molecule has 0 aliphatic carbocycles. The first-order valence-corrected chi connectivity index (χ1v) is 4.02. The van der Waals surface area contributed by atoms with Crippen molar-refractivity contribution < 1.29 is 14.6 Å². The average Bonchev–Trinajstić information content (AvgIpc) is 2.17. The van der Waals surface area contributed by atoms with Crippen LogP contribution in [0, 0.1) is 0 Å². The van der Waals surface area contributed by atoms with Gasteiger partial charge in [-0.15, -0.1) is 0 Å². The Hall–Kier alpha value is -0.510. The second-order valence-electron chi connectivity index (χ2n) is 2.83. The fraction of sp³-hybridized carbons (Fsp3) is 0.300. The van der Waals surface area contributed by atoms with E-state index in [-0.39, 0.29) is 29.6 Å². The Morgan fingerprint density at radius 1 is 1.36 bits per heavy atom. The van der Waals surface area contributed by atoms with Gasteiger partial charge in [-0.1, -0.05) is 12.1 Å². The Balaban J connectivity index is 0.00000169. The normalized spacial score (nSPS) is 11.3. The molecule has 14 heavy (non-hydrogen) atoms. The molecule has 72 valence electrons. The maximum absolute atomic E-state index is 10.6. The number of methoxy groups -OCH3 is 1. The Kier molecular flexibility index (Phi) is 5.84. The molecule has 0 saturated carbocycles. The van der Waals surface area contributed by atoms with Gasteiger partial charge in [0.2, 0.25) is 0 Å². The molecule has 1 aromatic carbocycles. The number of carbonyl (C=O) groups is 1. The van der Waals surface area contributed by atoms with E-state index in [1.807, 2.05) is 0 Å². The molecule has 0 aromatic heterocycles. The summed E-state index contributed by atoms with van der Waals surface area (Å²) < 4.78 is 4.96. The number of benzene rings is 1. The fourth-order valence-corrected chi connectivity index (χ4v) is 1.04. The Bertz CT molecular complexity index is 295. The molecule has 0 fully saturated rings. The van der Waals surface area contributed by atoms with E-state index in [1.165, 1.54) is 0 Å². The van der Waals surface area contributed by atoms with Crippen molar-refractivity contribution >= 4 is 35.5 Å². The SMILES string of the molecule is COc1ccc(C(C)C(=O)O)cc1.[NaH]. The van der Waals surface area contributed by atoms with Gasteiger partial charge in [0.05, 0.1) is 13.0 Å². The van der Waals surface area contributed by atoms with Crippen LogP contribution in [0.25, 0.3) is 0 Å². The minimum absolute atomic E-state index is 0. The van der Waals surface area contributed by atoms with Gasteiger partial charge in [-0.25, -0.2) is 0 Å². The van der Waals surface area contributed by atoms with Crippen LogP contribution in [-0.2, 0) is 4.79 Å². The van der Waals surface area contributed by atoms with Crippen LogP contribution in [0.15, 0.2) is 24.3 Å². The first kappa shape index (κ1) is 13.5. The summed E-state index contributed by atoms with van der Waals surface area (Å²) in [6.45, 7) is 1.66. The van der Waals surface area contributed by atoms with Gasteiger partial charge in [-0.05, 0) is 24.6 Å². The zero-order valence-electron chi connectivity index (χ0n) is 7.65. The monoisotopic (exact) mass is 204 g/mol. The van der Waals surface area contributed by atoms with Crippen molar-refractivity contribution in [2.75, 3.05) is 7.11 Å². The van der Waals surface area contributed by atoms with Crippen molar-refractivity contribution in [2.24, 2.45) is 0 Å². The molecular formula is C10H13NaO3. The molecule has 1 rings (SSSR count). The van der Waals surface area contributed by atoms with E-state index in [1.54, 1.807) is 38.3 Å². The van der Waals surface area contributed by atoms with Crippen molar-refractivity contribution in [2.45, 2.75) is 12.8 Å². The van der Waals surface area contributed by atoms with E-state index in [0.717, 1.165) is 11.3 Å². The van der Waals surface area contributed by atoms with Crippen LogP contribution in [0.1, 0.15) is 18.4 Å². The topological polar surface area (TPSA) is 46.5 Å². The van der Waals surface area contributed by atoms with Crippen LogP contribution in [-0.4, -0.2) is 47.7 Å². The van der Waals surface area contributed by atoms with E-state index in [2.05, 4.69) is 0 Å². The predicted octanol–water partition coefficient (Wildman–Crippen LogP) is 1.23. The zero-order chi connectivity index (χ0) is 9.84. The van der Waals surface area contributed by atoms with Gasteiger partial charge in [0.25, 0.3) is 0 Å². The average molecular weight is 204 g/mol. The number of carboxylic acid groups (broad SMARTS) is 1. The quantitative estimate of drug-likeness (QED) is 0.753. The van der Waals surface area contributed by atoms with Crippen LogP contribution in [0.2, 0.25) is 0 Å². The number of ether oxygens (including phenoxy) is 1. The Labute approximate surface area is 105 Å². The third kappa shape index (κ3) is 3.33. The molecule has 0 saturated heterocycles. The van der Waals surface area contributed by atoms with Crippen molar-refractivity contribution in [3.8, 4) is 5.75 Å². The van der Waals surface area contributed by atoms with Gasteiger partial charge in [0.15, 0.2) is 0 Å². The summed E-state index contributed by atoms with van der Waals surface area (Å²) in [5.41, 5.74) is 0.785. The number of hydrogen-bond donors (Lipinski definition) is 1. The summed E-state index contributed by atoms with van der Waals surface area (Å²) in [5, 5.41) is 8.73. The summed E-state index contributed by atoms with van der Waals surface area (Å²) in [6, 6.07) is 7.04. The number of rotatable bonds is 3. The van der Waals surface area contributed by atoms with Crippen molar-refractivity contribution in [1.82, 2.24) is 0 Å². The molecule has 3 nitrogen and oxygen atoms in total. The molecule has 1 unspecified atom stereocenters. The van der Waals surface area contributed by atoms with Gasteiger partial charge in [-0.2, -0.15) is 0 Å². The van der Waals surface area contributed by atoms with E-state index >= 15 is 0 Å².